The highest BCUT2D eigenvalue weighted by Gasteiger charge is 2.41. The van der Waals surface area contributed by atoms with Crippen molar-refractivity contribution in [2.45, 2.75) is 31.6 Å². The fourth-order valence-corrected chi connectivity index (χ4v) is 5.34. The Bertz CT molecular complexity index is 1340. The number of dihydropyridines is 1. The molecule has 0 saturated carbocycles. The van der Waals surface area contributed by atoms with Crippen molar-refractivity contribution in [2.75, 3.05) is 14.2 Å². The first-order valence-corrected chi connectivity index (χ1v) is 11.5. The zero-order chi connectivity index (χ0) is 23.8. The van der Waals surface area contributed by atoms with E-state index in [-0.39, 0.29) is 11.7 Å². The third kappa shape index (κ3) is 3.67. The largest absolute Gasteiger partial charge is 0.497 e. The van der Waals surface area contributed by atoms with Gasteiger partial charge >= 0.3 is 5.97 Å². The molecule has 0 fully saturated rings. The summed E-state index contributed by atoms with van der Waals surface area (Å²) in [7, 11) is 3.03. The molecule has 0 saturated heterocycles. The van der Waals surface area contributed by atoms with Gasteiger partial charge in [0.2, 0.25) is 0 Å². The number of allylic oxidation sites excluding steroid dienone is 3. The van der Waals surface area contributed by atoms with Crippen molar-refractivity contribution in [3.05, 3.63) is 100 Å². The SMILES string of the molecule is COC(=O)C1=C(C)NC2=C(C(=O)C[C@H](c3ccc(OC)cc3)C2)[C@H]1c1cccc2ccccc12. The second kappa shape index (κ2) is 8.82. The first-order valence-electron chi connectivity index (χ1n) is 11.5. The van der Waals surface area contributed by atoms with Crippen LogP contribution >= 0.6 is 0 Å². The Kier molecular flexibility index (Phi) is 5.70. The molecule has 3 aromatic carbocycles. The number of fused-ring (bicyclic) bond motifs is 1. The lowest BCUT2D eigenvalue weighted by atomic mass is 9.71. The Labute approximate surface area is 199 Å². The second-order valence-electron chi connectivity index (χ2n) is 8.85. The van der Waals surface area contributed by atoms with E-state index >= 15 is 0 Å². The van der Waals surface area contributed by atoms with E-state index < -0.39 is 11.9 Å². The summed E-state index contributed by atoms with van der Waals surface area (Å²) >= 11 is 0. The number of methoxy groups -OCH3 is 2. The van der Waals surface area contributed by atoms with Crippen LogP contribution in [0.3, 0.4) is 0 Å². The molecule has 1 aliphatic heterocycles. The minimum atomic E-state index is -0.473. The normalized spacial score (nSPS) is 20.1. The summed E-state index contributed by atoms with van der Waals surface area (Å²) in [6.45, 7) is 1.88. The molecule has 2 atom stereocenters. The Morgan fingerprint density at radius 2 is 1.68 bits per heavy atom. The predicted octanol–water partition coefficient (Wildman–Crippen LogP) is 5.38. The lowest BCUT2D eigenvalue weighted by Gasteiger charge is -2.37. The van der Waals surface area contributed by atoms with Crippen LogP contribution in [-0.2, 0) is 14.3 Å². The van der Waals surface area contributed by atoms with Crippen LogP contribution < -0.4 is 10.1 Å². The first-order chi connectivity index (χ1) is 16.5. The molecular formula is C29H27NO4. The van der Waals surface area contributed by atoms with E-state index in [1.165, 1.54) is 7.11 Å². The van der Waals surface area contributed by atoms with Crippen LogP contribution in [0.5, 0.6) is 5.75 Å². The zero-order valence-electron chi connectivity index (χ0n) is 19.6. The number of rotatable bonds is 4. The molecule has 0 unspecified atom stereocenters. The number of benzene rings is 3. The quantitative estimate of drug-likeness (QED) is 0.537. The Morgan fingerprint density at radius 1 is 0.941 bits per heavy atom. The van der Waals surface area contributed by atoms with Gasteiger partial charge in [0.25, 0.3) is 0 Å². The summed E-state index contributed by atoms with van der Waals surface area (Å²) < 4.78 is 10.5. The van der Waals surface area contributed by atoms with E-state index in [1.54, 1.807) is 7.11 Å². The van der Waals surface area contributed by atoms with Crippen LogP contribution in [-0.4, -0.2) is 26.0 Å². The van der Waals surface area contributed by atoms with Crippen molar-refractivity contribution in [3.8, 4) is 5.75 Å². The molecule has 2 aliphatic rings. The van der Waals surface area contributed by atoms with Crippen molar-refractivity contribution < 1.29 is 19.1 Å². The predicted molar refractivity (Wildman–Crippen MR) is 132 cm³/mol. The molecular weight excluding hydrogens is 426 g/mol. The number of carbonyl (C=O) groups is 2. The van der Waals surface area contributed by atoms with E-state index in [1.807, 2.05) is 73.7 Å². The molecule has 5 nitrogen and oxygen atoms in total. The molecule has 1 aliphatic carbocycles. The number of ether oxygens (including phenoxy) is 2. The minimum absolute atomic E-state index is 0.0569. The summed E-state index contributed by atoms with van der Waals surface area (Å²) in [5.41, 5.74) is 4.83. The van der Waals surface area contributed by atoms with Gasteiger partial charge < -0.3 is 14.8 Å². The van der Waals surface area contributed by atoms with Crippen LogP contribution in [0.25, 0.3) is 10.8 Å². The molecule has 5 heteroatoms. The number of ketones is 1. The molecule has 1 heterocycles. The third-order valence-corrected chi connectivity index (χ3v) is 6.95. The van der Waals surface area contributed by atoms with E-state index in [2.05, 4.69) is 5.32 Å². The highest BCUT2D eigenvalue weighted by atomic mass is 16.5. The van der Waals surface area contributed by atoms with Crippen molar-refractivity contribution in [2.24, 2.45) is 0 Å². The molecule has 0 amide bonds. The topological polar surface area (TPSA) is 64.6 Å². The summed E-state index contributed by atoms with van der Waals surface area (Å²) in [5, 5.41) is 5.50. The summed E-state index contributed by atoms with van der Waals surface area (Å²) in [5.74, 6) is 0.0180. The fraction of sp³-hybridized carbons (Fsp3) is 0.241. The molecule has 34 heavy (non-hydrogen) atoms. The van der Waals surface area contributed by atoms with Crippen LogP contribution in [0.4, 0.5) is 0 Å². The highest BCUT2D eigenvalue weighted by molar-refractivity contribution is 6.05. The maximum atomic E-state index is 13.7. The maximum absolute atomic E-state index is 13.7. The lowest BCUT2D eigenvalue weighted by molar-refractivity contribution is -0.136. The molecule has 0 aromatic heterocycles. The molecule has 172 valence electrons. The van der Waals surface area contributed by atoms with Crippen LogP contribution in [0.2, 0.25) is 0 Å². The Morgan fingerprint density at radius 3 is 2.41 bits per heavy atom. The molecule has 0 radical (unpaired) electrons. The monoisotopic (exact) mass is 453 g/mol. The molecule has 0 bridgehead atoms. The zero-order valence-corrected chi connectivity index (χ0v) is 19.6. The maximum Gasteiger partial charge on any atom is 0.336 e. The second-order valence-corrected chi connectivity index (χ2v) is 8.85. The van der Waals surface area contributed by atoms with Gasteiger partial charge in [-0.1, -0.05) is 54.6 Å². The number of carbonyl (C=O) groups excluding carboxylic acids is 2. The van der Waals surface area contributed by atoms with Gasteiger partial charge in [-0.25, -0.2) is 4.79 Å². The Balaban J connectivity index is 1.64. The van der Waals surface area contributed by atoms with Crippen molar-refractivity contribution in [1.29, 1.82) is 0 Å². The van der Waals surface area contributed by atoms with E-state index in [9.17, 15) is 9.59 Å². The van der Waals surface area contributed by atoms with Gasteiger partial charge in [0, 0.05) is 29.3 Å². The van der Waals surface area contributed by atoms with E-state index in [0.29, 0.717) is 24.0 Å². The van der Waals surface area contributed by atoms with Gasteiger partial charge in [0.05, 0.1) is 19.8 Å². The summed E-state index contributed by atoms with van der Waals surface area (Å²) in [6, 6.07) is 22.0. The van der Waals surface area contributed by atoms with Gasteiger partial charge in [-0.05, 0) is 53.3 Å². The van der Waals surface area contributed by atoms with Crippen molar-refractivity contribution >= 4 is 22.5 Å². The van der Waals surface area contributed by atoms with Gasteiger partial charge in [-0.2, -0.15) is 0 Å². The average molecular weight is 454 g/mol. The molecule has 3 aromatic rings. The molecule has 0 spiro atoms. The fourth-order valence-electron chi connectivity index (χ4n) is 5.34. The highest BCUT2D eigenvalue weighted by Crippen LogP contribution is 2.47. The van der Waals surface area contributed by atoms with Gasteiger partial charge in [-0.3, -0.25) is 4.79 Å². The summed E-state index contributed by atoms with van der Waals surface area (Å²) in [6.07, 6.45) is 1.09. The average Bonchev–Trinajstić information content (AvgIpc) is 2.87. The minimum Gasteiger partial charge on any atom is -0.497 e. The number of hydrogen-bond acceptors (Lipinski definition) is 5. The van der Waals surface area contributed by atoms with Crippen molar-refractivity contribution in [1.82, 2.24) is 5.32 Å². The number of hydrogen-bond donors (Lipinski definition) is 1. The van der Waals surface area contributed by atoms with Gasteiger partial charge in [0.1, 0.15) is 5.75 Å². The smallest absolute Gasteiger partial charge is 0.336 e. The standard InChI is InChI=1S/C29H27NO4/c1-17-26(29(32)34-3)27(23-10-6-8-19-7-4-5-9-22(19)23)28-24(30-17)15-20(16-25(28)31)18-11-13-21(33-2)14-12-18/h4-14,20,27,30H,15-16H2,1-3H3/t20-,27+/m1/s1. The number of esters is 1. The first kappa shape index (κ1) is 22.0. The van der Waals surface area contributed by atoms with Crippen LogP contribution in [0.15, 0.2) is 89.3 Å². The van der Waals surface area contributed by atoms with Crippen LogP contribution in [0, 0.1) is 0 Å². The summed E-state index contributed by atoms with van der Waals surface area (Å²) in [4.78, 5) is 26.7. The van der Waals surface area contributed by atoms with Gasteiger partial charge in [-0.15, -0.1) is 0 Å². The van der Waals surface area contributed by atoms with Crippen molar-refractivity contribution in [3.63, 3.8) is 0 Å². The molecule has 1 N–H and O–H groups in total. The Hall–Kier alpha value is -3.86. The van der Waals surface area contributed by atoms with E-state index in [0.717, 1.165) is 39.0 Å². The number of nitrogens with one attached hydrogen (secondary N) is 1. The van der Waals surface area contributed by atoms with Crippen LogP contribution in [0.1, 0.15) is 42.7 Å². The van der Waals surface area contributed by atoms with E-state index in [4.69, 9.17) is 9.47 Å². The lowest BCUT2D eigenvalue weighted by Crippen LogP contribution is -2.36. The molecule has 5 rings (SSSR count). The third-order valence-electron chi connectivity index (χ3n) is 6.95. The van der Waals surface area contributed by atoms with Gasteiger partial charge in [0.15, 0.2) is 5.78 Å². The number of Topliss-reactive ketones (excluding diaryl/α,β-unsaturated/α-hetero) is 1.